The Morgan fingerprint density at radius 1 is 1.06 bits per heavy atom. The number of nitrogen functional groups attached to an aromatic ring is 1. The van der Waals surface area contributed by atoms with Gasteiger partial charge in [0.1, 0.15) is 12.1 Å². The van der Waals surface area contributed by atoms with E-state index in [1.807, 2.05) is 19.9 Å². The standard InChI is InChI=1S/C32H50N6O7S2/c1-21(2)17-27(39)29(40)24(18-22-9-5-3-6-10-22)34-31(42)28(26-20-46-32(33)35-26)36-30(41)25(19-23-11-7-4-8-12-23)37-47(43,44)38-13-15-45-16-14-38/h4,7-8,11-12,20-22,24-25,27-29,37,39-40H,3,5-6,9-10,13-19H2,1-2H3,(H2,33,35)(H,34,42)(H,36,41)/t24-,25-,27-,28+,29+/m0/s1. The fourth-order valence-corrected chi connectivity index (χ4v) is 8.17. The van der Waals surface area contributed by atoms with E-state index >= 15 is 0 Å². The van der Waals surface area contributed by atoms with E-state index in [2.05, 4.69) is 20.3 Å². The van der Waals surface area contributed by atoms with Gasteiger partial charge in [-0.05, 0) is 36.7 Å². The van der Waals surface area contributed by atoms with Crippen molar-refractivity contribution in [1.29, 1.82) is 0 Å². The number of hydrogen-bond acceptors (Lipinski definition) is 10. The van der Waals surface area contributed by atoms with Gasteiger partial charge in [-0.2, -0.15) is 17.4 Å². The minimum absolute atomic E-state index is 0.0220. The molecule has 2 fully saturated rings. The second-order valence-corrected chi connectivity index (χ2v) is 15.6. The number of nitrogens with one attached hydrogen (secondary N) is 3. The molecule has 1 aliphatic heterocycles. The highest BCUT2D eigenvalue weighted by Gasteiger charge is 2.37. The number of hydrogen-bond donors (Lipinski definition) is 6. The third-order valence-corrected chi connectivity index (χ3v) is 11.1. The molecule has 5 atom stereocenters. The van der Waals surface area contributed by atoms with Crippen LogP contribution < -0.4 is 21.1 Å². The number of aliphatic hydroxyl groups is 2. The molecule has 2 aromatic rings. The molecule has 0 radical (unpaired) electrons. The molecule has 7 N–H and O–H groups in total. The lowest BCUT2D eigenvalue weighted by molar-refractivity contribution is -0.131. The summed E-state index contributed by atoms with van der Waals surface area (Å²) in [6.07, 6.45) is 3.76. The molecule has 1 saturated heterocycles. The van der Waals surface area contributed by atoms with Crippen LogP contribution in [0.2, 0.25) is 0 Å². The first-order chi connectivity index (χ1) is 22.4. The van der Waals surface area contributed by atoms with E-state index in [0.29, 0.717) is 18.4 Å². The van der Waals surface area contributed by atoms with E-state index in [9.17, 15) is 28.2 Å². The lowest BCUT2D eigenvalue weighted by atomic mass is 9.82. The van der Waals surface area contributed by atoms with Crippen molar-refractivity contribution in [2.24, 2.45) is 11.8 Å². The predicted octanol–water partition coefficient (Wildman–Crippen LogP) is 1.88. The fraction of sp³-hybridized carbons (Fsp3) is 0.656. The Morgan fingerprint density at radius 2 is 1.74 bits per heavy atom. The molecule has 2 aliphatic rings. The summed E-state index contributed by atoms with van der Waals surface area (Å²) in [5.74, 6) is -0.988. The quantitative estimate of drug-likeness (QED) is 0.152. The lowest BCUT2D eigenvalue weighted by Crippen LogP contribution is -2.57. The second kappa shape index (κ2) is 17.7. The summed E-state index contributed by atoms with van der Waals surface area (Å²) in [6.45, 7) is 4.66. The molecule has 0 spiro atoms. The van der Waals surface area contributed by atoms with Crippen molar-refractivity contribution in [3.63, 3.8) is 0 Å². The summed E-state index contributed by atoms with van der Waals surface area (Å²) in [5, 5.41) is 29.5. The van der Waals surface area contributed by atoms with Gasteiger partial charge in [0.25, 0.3) is 10.2 Å². The summed E-state index contributed by atoms with van der Waals surface area (Å²) >= 11 is 1.10. The number of ether oxygens (including phenoxy) is 1. The Bertz CT molecular complexity index is 1380. The normalized spacial score (nSPS) is 19.9. The number of aliphatic hydroxyl groups excluding tert-OH is 2. The number of amides is 2. The molecule has 47 heavy (non-hydrogen) atoms. The molecule has 2 amide bonds. The Morgan fingerprint density at radius 3 is 2.36 bits per heavy atom. The number of benzene rings is 1. The molecule has 262 valence electrons. The van der Waals surface area contributed by atoms with Crippen LogP contribution in [0.1, 0.15) is 76.1 Å². The van der Waals surface area contributed by atoms with Crippen molar-refractivity contribution < 1.29 is 33.0 Å². The average molecular weight is 695 g/mol. The zero-order valence-corrected chi connectivity index (χ0v) is 28.8. The predicted molar refractivity (Wildman–Crippen MR) is 180 cm³/mol. The molecule has 0 bridgehead atoms. The van der Waals surface area contributed by atoms with Crippen molar-refractivity contribution in [3.8, 4) is 0 Å². The molecule has 1 aromatic carbocycles. The number of anilines is 1. The van der Waals surface area contributed by atoms with Crippen LogP contribution in [0.4, 0.5) is 5.13 Å². The van der Waals surface area contributed by atoms with Gasteiger partial charge in [0.05, 0.1) is 31.1 Å². The first-order valence-corrected chi connectivity index (χ1v) is 18.8. The van der Waals surface area contributed by atoms with Crippen LogP contribution in [-0.4, -0.2) is 90.3 Å². The maximum absolute atomic E-state index is 14.0. The minimum atomic E-state index is -4.08. The van der Waals surface area contributed by atoms with E-state index in [1.165, 1.54) is 4.31 Å². The molecule has 4 rings (SSSR count). The maximum atomic E-state index is 14.0. The summed E-state index contributed by atoms with van der Waals surface area (Å²) in [5.41, 5.74) is 6.81. The third-order valence-electron chi connectivity index (χ3n) is 8.74. The van der Waals surface area contributed by atoms with Gasteiger partial charge in [-0.25, -0.2) is 4.98 Å². The first-order valence-electron chi connectivity index (χ1n) is 16.5. The Hall–Kier alpha value is -2.66. The maximum Gasteiger partial charge on any atom is 0.280 e. The number of thiazole rings is 1. The van der Waals surface area contributed by atoms with E-state index < -0.39 is 52.4 Å². The van der Waals surface area contributed by atoms with E-state index in [-0.39, 0.29) is 55.4 Å². The number of carbonyl (C=O) groups excluding carboxylic acids is 2. The zero-order valence-electron chi connectivity index (χ0n) is 27.2. The second-order valence-electron chi connectivity index (χ2n) is 13.0. The molecule has 13 nitrogen and oxygen atoms in total. The molecule has 2 heterocycles. The Labute approximate surface area is 281 Å². The highest BCUT2D eigenvalue weighted by Crippen LogP contribution is 2.29. The van der Waals surface area contributed by atoms with Gasteiger partial charge < -0.3 is 31.3 Å². The molecular formula is C32H50N6O7S2. The zero-order chi connectivity index (χ0) is 34.0. The summed E-state index contributed by atoms with van der Waals surface area (Å²) < 4.78 is 35.8. The largest absolute Gasteiger partial charge is 0.390 e. The number of nitrogens with two attached hydrogens (primary N) is 1. The van der Waals surface area contributed by atoms with Gasteiger partial charge in [0.15, 0.2) is 11.2 Å². The van der Waals surface area contributed by atoms with Gasteiger partial charge in [0, 0.05) is 18.5 Å². The van der Waals surface area contributed by atoms with Crippen molar-refractivity contribution in [2.45, 2.75) is 95.5 Å². The van der Waals surface area contributed by atoms with E-state index in [4.69, 9.17) is 10.5 Å². The third kappa shape index (κ3) is 11.2. The summed E-state index contributed by atoms with van der Waals surface area (Å²) in [7, 11) is -4.08. The van der Waals surface area contributed by atoms with Gasteiger partial charge in [-0.15, -0.1) is 11.3 Å². The molecule has 1 aliphatic carbocycles. The monoisotopic (exact) mass is 694 g/mol. The SMILES string of the molecule is CC(C)C[C@H](O)[C@H](O)[C@H](CC1CCCCC1)NC(=O)[C@H](NC(=O)[C@H](Cc1ccccc1)NS(=O)(=O)N1CCOCC1)c1csc(N)n1. The van der Waals surface area contributed by atoms with Crippen molar-refractivity contribution in [3.05, 3.63) is 47.0 Å². The van der Waals surface area contributed by atoms with Gasteiger partial charge >= 0.3 is 0 Å². The molecule has 1 aromatic heterocycles. The highest BCUT2D eigenvalue weighted by molar-refractivity contribution is 7.87. The van der Waals surface area contributed by atoms with E-state index in [0.717, 1.165) is 43.4 Å². The Kier molecular flexibility index (Phi) is 14.0. The van der Waals surface area contributed by atoms with Crippen LogP contribution in [0.3, 0.4) is 0 Å². The number of aromatic nitrogens is 1. The van der Waals surface area contributed by atoms with Crippen LogP contribution in [-0.2, 0) is 31.0 Å². The van der Waals surface area contributed by atoms with Crippen LogP contribution >= 0.6 is 11.3 Å². The number of rotatable bonds is 16. The topological polar surface area (TPSA) is 196 Å². The first kappa shape index (κ1) is 37.2. The fourth-order valence-electron chi connectivity index (χ4n) is 6.25. The van der Waals surface area contributed by atoms with Crippen LogP contribution in [0, 0.1) is 11.8 Å². The van der Waals surface area contributed by atoms with Crippen molar-refractivity contribution in [2.75, 3.05) is 32.0 Å². The average Bonchev–Trinajstić information content (AvgIpc) is 3.49. The van der Waals surface area contributed by atoms with Crippen LogP contribution in [0.25, 0.3) is 0 Å². The minimum Gasteiger partial charge on any atom is -0.390 e. The Balaban J connectivity index is 1.59. The van der Waals surface area contributed by atoms with Crippen molar-refractivity contribution in [1.82, 2.24) is 24.6 Å². The summed E-state index contributed by atoms with van der Waals surface area (Å²) in [4.78, 5) is 32.3. The number of nitrogens with zero attached hydrogens (tertiary/aromatic N) is 2. The van der Waals surface area contributed by atoms with E-state index in [1.54, 1.807) is 29.6 Å². The lowest BCUT2D eigenvalue weighted by Gasteiger charge is -2.33. The molecule has 15 heteroatoms. The van der Waals surface area contributed by atoms with Gasteiger partial charge in [-0.1, -0.05) is 76.3 Å². The van der Waals surface area contributed by atoms with Gasteiger partial charge in [-0.3, -0.25) is 9.59 Å². The number of morpholine rings is 1. The van der Waals surface area contributed by atoms with Crippen molar-refractivity contribution >= 4 is 38.5 Å². The van der Waals surface area contributed by atoms with Gasteiger partial charge in [0.2, 0.25) is 11.8 Å². The molecule has 0 unspecified atom stereocenters. The molecular weight excluding hydrogens is 645 g/mol. The number of carbonyl (C=O) groups is 2. The highest BCUT2D eigenvalue weighted by atomic mass is 32.2. The van der Waals surface area contributed by atoms with Crippen LogP contribution in [0.15, 0.2) is 35.7 Å². The summed E-state index contributed by atoms with van der Waals surface area (Å²) in [6, 6.07) is 5.58. The smallest absolute Gasteiger partial charge is 0.280 e. The van der Waals surface area contributed by atoms with Crippen LogP contribution in [0.5, 0.6) is 0 Å². The molecule has 1 saturated carbocycles.